The zero-order chi connectivity index (χ0) is 15.4. The van der Waals surface area contributed by atoms with E-state index in [0.717, 1.165) is 17.7 Å². The number of nitrogens with one attached hydrogen (secondary N) is 1. The van der Waals surface area contributed by atoms with E-state index in [1.165, 1.54) is 24.3 Å². The van der Waals surface area contributed by atoms with Gasteiger partial charge in [-0.15, -0.1) is 0 Å². The van der Waals surface area contributed by atoms with Gasteiger partial charge < -0.3 is 5.32 Å². The third-order valence-corrected chi connectivity index (χ3v) is 3.91. The maximum absolute atomic E-state index is 13.2. The zero-order valence-corrected chi connectivity index (χ0v) is 13.0. The molecule has 0 bridgehead atoms. The lowest BCUT2D eigenvalue weighted by Crippen LogP contribution is -2.23. The minimum absolute atomic E-state index is 0.119. The van der Waals surface area contributed by atoms with Gasteiger partial charge in [0.2, 0.25) is 0 Å². The summed E-state index contributed by atoms with van der Waals surface area (Å²) in [5, 5.41) is 4.02. The molecule has 1 atom stereocenters. The Labute approximate surface area is 132 Å². The van der Waals surface area contributed by atoms with Crippen molar-refractivity contribution in [1.29, 1.82) is 0 Å². The lowest BCUT2D eigenvalue weighted by atomic mass is 9.98. The summed E-state index contributed by atoms with van der Waals surface area (Å²) in [6, 6.07) is 8.50. The van der Waals surface area contributed by atoms with E-state index in [1.807, 2.05) is 6.92 Å². The summed E-state index contributed by atoms with van der Waals surface area (Å²) < 4.78 is 26.3. The Kier molecular flexibility index (Phi) is 5.57. The third-order valence-electron chi connectivity index (χ3n) is 3.23. The Morgan fingerprint density at radius 1 is 1.00 bits per heavy atom. The van der Waals surface area contributed by atoms with Crippen LogP contribution in [0, 0.1) is 11.6 Å². The fourth-order valence-corrected chi connectivity index (χ4v) is 2.77. The van der Waals surface area contributed by atoms with E-state index in [0.29, 0.717) is 16.5 Å². The van der Waals surface area contributed by atoms with Crippen LogP contribution in [-0.2, 0) is 6.42 Å². The molecule has 112 valence electrons. The molecule has 0 spiro atoms. The zero-order valence-electron chi connectivity index (χ0n) is 11.5. The van der Waals surface area contributed by atoms with E-state index in [4.69, 9.17) is 23.2 Å². The van der Waals surface area contributed by atoms with Crippen LogP contribution >= 0.6 is 23.2 Å². The molecule has 0 saturated heterocycles. The van der Waals surface area contributed by atoms with E-state index in [9.17, 15) is 8.78 Å². The number of hydrogen-bond acceptors (Lipinski definition) is 1. The van der Waals surface area contributed by atoms with E-state index in [2.05, 4.69) is 5.32 Å². The Morgan fingerprint density at radius 2 is 1.62 bits per heavy atom. The second-order valence-corrected chi connectivity index (χ2v) is 5.53. The number of rotatable bonds is 5. The third kappa shape index (κ3) is 4.16. The second-order valence-electron chi connectivity index (χ2n) is 4.72. The monoisotopic (exact) mass is 329 g/mol. The van der Waals surface area contributed by atoms with Gasteiger partial charge in [-0.1, -0.05) is 42.3 Å². The first-order chi connectivity index (χ1) is 10.0. The van der Waals surface area contributed by atoms with E-state index in [-0.39, 0.29) is 17.7 Å². The molecule has 0 aliphatic heterocycles. The molecule has 0 radical (unpaired) electrons. The van der Waals surface area contributed by atoms with Crippen molar-refractivity contribution >= 4 is 23.2 Å². The first-order valence-corrected chi connectivity index (χ1v) is 7.39. The first kappa shape index (κ1) is 16.2. The minimum Gasteiger partial charge on any atom is -0.310 e. The molecular weight excluding hydrogens is 315 g/mol. The molecule has 1 N–H and O–H groups in total. The van der Waals surface area contributed by atoms with Gasteiger partial charge in [0.1, 0.15) is 11.6 Å². The van der Waals surface area contributed by atoms with Crippen molar-refractivity contribution < 1.29 is 8.78 Å². The van der Waals surface area contributed by atoms with E-state index in [1.54, 1.807) is 12.1 Å². The summed E-state index contributed by atoms with van der Waals surface area (Å²) in [5.74, 6) is -0.748. The van der Waals surface area contributed by atoms with Crippen LogP contribution in [-0.4, -0.2) is 6.54 Å². The van der Waals surface area contributed by atoms with Crippen LogP contribution in [0.1, 0.15) is 24.1 Å². The topological polar surface area (TPSA) is 12.0 Å². The van der Waals surface area contributed by atoms with Crippen molar-refractivity contribution in [1.82, 2.24) is 5.32 Å². The van der Waals surface area contributed by atoms with Crippen molar-refractivity contribution in [3.05, 3.63) is 69.2 Å². The van der Waals surface area contributed by atoms with Gasteiger partial charge in [0.05, 0.1) is 0 Å². The van der Waals surface area contributed by atoms with Crippen molar-refractivity contribution in [2.45, 2.75) is 19.4 Å². The highest BCUT2D eigenvalue weighted by Crippen LogP contribution is 2.29. The minimum atomic E-state index is -0.376. The summed E-state index contributed by atoms with van der Waals surface area (Å²) in [6.45, 7) is 2.69. The van der Waals surface area contributed by atoms with Crippen LogP contribution < -0.4 is 5.32 Å². The van der Waals surface area contributed by atoms with Crippen LogP contribution in [0.2, 0.25) is 10.0 Å². The molecule has 1 unspecified atom stereocenters. The Morgan fingerprint density at radius 3 is 2.19 bits per heavy atom. The van der Waals surface area contributed by atoms with Crippen LogP contribution in [0.5, 0.6) is 0 Å². The SMILES string of the molecule is CCNC(Cc1ccc(F)cc1Cl)c1ccc(F)cc1Cl. The quantitative estimate of drug-likeness (QED) is 0.798. The van der Waals surface area contributed by atoms with Crippen molar-refractivity contribution in [2.24, 2.45) is 0 Å². The molecule has 21 heavy (non-hydrogen) atoms. The summed E-state index contributed by atoms with van der Waals surface area (Å²) >= 11 is 12.2. The average molecular weight is 330 g/mol. The predicted molar refractivity (Wildman–Crippen MR) is 82.9 cm³/mol. The van der Waals surface area contributed by atoms with Gasteiger partial charge >= 0.3 is 0 Å². The Hall–Kier alpha value is -1.16. The highest BCUT2D eigenvalue weighted by atomic mass is 35.5. The highest BCUT2D eigenvalue weighted by molar-refractivity contribution is 6.31. The number of hydrogen-bond donors (Lipinski definition) is 1. The fourth-order valence-electron chi connectivity index (χ4n) is 2.23. The molecule has 0 saturated carbocycles. The molecular formula is C16H15Cl2F2N. The van der Waals surface area contributed by atoms with Gasteiger partial charge in [-0.2, -0.15) is 0 Å². The van der Waals surface area contributed by atoms with Gasteiger partial charge in [-0.3, -0.25) is 0 Å². The van der Waals surface area contributed by atoms with E-state index < -0.39 is 0 Å². The molecule has 2 rings (SSSR count). The predicted octanol–water partition coefficient (Wildman–Crippen LogP) is 5.16. The first-order valence-electron chi connectivity index (χ1n) is 6.63. The van der Waals surface area contributed by atoms with Crippen LogP contribution in [0.3, 0.4) is 0 Å². The maximum atomic E-state index is 13.2. The lowest BCUT2D eigenvalue weighted by molar-refractivity contribution is 0.546. The molecule has 2 aromatic carbocycles. The van der Waals surface area contributed by atoms with Crippen molar-refractivity contribution in [3.8, 4) is 0 Å². The van der Waals surface area contributed by atoms with Crippen molar-refractivity contribution in [3.63, 3.8) is 0 Å². The molecule has 0 fully saturated rings. The van der Waals surface area contributed by atoms with Gasteiger partial charge in [-0.05, 0) is 48.4 Å². The molecule has 0 aliphatic rings. The Bertz CT molecular complexity index is 632. The normalized spacial score (nSPS) is 12.4. The summed E-state index contributed by atoms with van der Waals surface area (Å²) in [4.78, 5) is 0. The van der Waals surface area contributed by atoms with Crippen LogP contribution in [0.25, 0.3) is 0 Å². The van der Waals surface area contributed by atoms with Crippen molar-refractivity contribution in [2.75, 3.05) is 6.54 Å². The molecule has 2 aromatic rings. The summed E-state index contributed by atoms with van der Waals surface area (Å²) in [6.07, 6.45) is 0.540. The van der Waals surface area contributed by atoms with Crippen LogP contribution in [0.4, 0.5) is 8.78 Å². The van der Waals surface area contributed by atoms with Gasteiger partial charge in [0.15, 0.2) is 0 Å². The molecule has 0 aliphatic carbocycles. The largest absolute Gasteiger partial charge is 0.310 e. The second kappa shape index (κ2) is 7.21. The average Bonchev–Trinajstić information content (AvgIpc) is 2.41. The summed E-state index contributed by atoms with van der Waals surface area (Å²) in [5.41, 5.74) is 1.60. The Balaban J connectivity index is 2.30. The number of halogens is 4. The van der Waals surface area contributed by atoms with Gasteiger partial charge in [-0.25, -0.2) is 8.78 Å². The standard InChI is InChI=1S/C16H15Cl2F2N/c1-2-21-16(13-6-5-12(20)9-15(13)18)7-10-3-4-11(19)8-14(10)17/h3-6,8-9,16,21H,2,7H2,1H3. The number of benzene rings is 2. The maximum Gasteiger partial charge on any atom is 0.124 e. The van der Waals surface area contributed by atoms with Gasteiger partial charge in [0.25, 0.3) is 0 Å². The number of likely N-dealkylation sites (N-methyl/N-ethyl adjacent to an activating group) is 1. The van der Waals surface area contributed by atoms with Crippen LogP contribution in [0.15, 0.2) is 36.4 Å². The molecule has 0 aromatic heterocycles. The highest BCUT2D eigenvalue weighted by Gasteiger charge is 2.16. The van der Waals surface area contributed by atoms with Gasteiger partial charge in [0, 0.05) is 16.1 Å². The molecule has 0 amide bonds. The smallest absolute Gasteiger partial charge is 0.124 e. The lowest BCUT2D eigenvalue weighted by Gasteiger charge is -2.20. The molecule has 0 heterocycles. The summed E-state index contributed by atoms with van der Waals surface area (Å²) in [7, 11) is 0. The molecule has 1 nitrogen and oxygen atoms in total. The van der Waals surface area contributed by atoms with E-state index >= 15 is 0 Å². The fraction of sp³-hybridized carbons (Fsp3) is 0.250. The molecule has 5 heteroatoms.